The van der Waals surface area contributed by atoms with Crippen LogP contribution < -0.4 is 0 Å². The van der Waals surface area contributed by atoms with Crippen molar-refractivity contribution in [1.82, 2.24) is 0 Å². The Labute approximate surface area is 188 Å². The predicted octanol–water partition coefficient (Wildman–Crippen LogP) is 9.10. The Bertz CT molecular complexity index is 1550. The van der Waals surface area contributed by atoms with E-state index < -0.39 is 0 Å². The largest absolute Gasteiger partial charge is 0.0616 e. The molecule has 0 N–H and O–H groups in total. The Balaban J connectivity index is 1.66. The number of aryl methyl sites for hydroxylation is 2. The zero-order valence-corrected chi connectivity index (χ0v) is 18.4. The van der Waals surface area contributed by atoms with E-state index in [1.807, 2.05) is 0 Å². The summed E-state index contributed by atoms with van der Waals surface area (Å²) in [7, 11) is 0. The van der Waals surface area contributed by atoms with Crippen molar-refractivity contribution in [2.75, 3.05) is 0 Å². The summed E-state index contributed by atoms with van der Waals surface area (Å²) in [6.07, 6.45) is 0. The van der Waals surface area contributed by atoms with Crippen LogP contribution in [0.2, 0.25) is 0 Å². The van der Waals surface area contributed by atoms with Crippen molar-refractivity contribution < 1.29 is 0 Å². The molecule has 0 aliphatic rings. The van der Waals surface area contributed by atoms with E-state index in [9.17, 15) is 0 Å². The van der Waals surface area contributed by atoms with Crippen molar-refractivity contribution in [2.45, 2.75) is 13.8 Å². The van der Waals surface area contributed by atoms with Crippen molar-refractivity contribution in [3.8, 4) is 22.3 Å². The van der Waals surface area contributed by atoms with Crippen LogP contribution in [0.15, 0.2) is 109 Å². The number of hydrogen-bond acceptors (Lipinski definition) is 0. The molecule has 0 atom stereocenters. The maximum atomic E-state index is 2.36. The molecule has 6 aromatic rings. The van der Waals surface area contributed by atoms with Gasteiger partial charge in [0, 0.05) is 0 Å². The minimum Gasteiger partial charge on any atom is -0.0616 e. The van der Waals surface area contributed by atoms with Gasteiger partial charge in [-0.2, -0.15) is 0 Å². The van der Waals surface area contributed by atoms with E-state index in [1.54, 1.807) is 0 Å². The number of fused-ring (bicyclic) bond motifs is 3. The molecule has 6 rings (SSSR count). The Morgan fingerprint density at radius 3 is 1.53 bits per heavy atom. The highest BCUT2D eigenvalue weighted by Crippen LogP contribution is 2.41. The molecule has 0 saturated heterocycles. The number of benzene rings is 6. The van der Waals surface area contributed by atoms with E-state index in [2.05, 4.69) is 123 Å². The van der Waals surface area contributed by atoms with Crippen LogP contribution in [0, 0.1) is 13.8 Å². The van der Waals surface area contributed by atoms with Gasteiger partial charge in [0.1, 0.15) is 0 Å². The van der Waals surface area contributed by atoms with Crippen LogP contribution >= 0.6 is 0 Å². The zero-order valence-electron chi connectivity index (χ0n) is 18.4. The van der Waals surface area contributed by atoms with E-state index in [0.717, 1.165) is 0 Å². The molecule has 0 fully saturated rings. The van der Waals surface area contributed by atoms with Crippen LogP contribution in [0.3, 0.4) is 0 Å². The lowest BCUT2D eigenvalue weighted by molar-refractivity contribution is 1.39. The summed E-state index contributed by atoms with van der Waals surface area (Å²) in [5, 5.41) is 7.79. The Kier molecular flexibility index (Phi) is 4.33. The van der Waals surface area contributed by atoms with Gasteiger partial charge >= 0.3 is 0 Å². The molecule has 32 heavy (non-hydrogen) atoms. The molecule has 0 heteroatoms. The molecule has 0 saturated carbocycles. The average Bonchev–Trinajstić information content (AvgIpc) is 2.82. The van der Waals surface area contributed by atoms with Gasteiger partial charge in [-0.1, -0.05) is 103 Å². The van der Waals surface area contributed by atoms with Crippen LogP contribution in [0.4, 0.5) is 0 Å². The fourth-order valence-corrected chi connectivity index (χ4v) is 5.27. The van der Waals surface area contributed by atoms with Gasteiger partial charge < -0.3 is 0 Å². The van der Waals surface area contributed by atoms with Gasteiger partial charge in [-0.15, -0.1) is 0 Å². The van der Waals surface area contributed by atoms with Gasteiger partial charge in [-0.3, -0.25) is 0 Å². The molecule has 0 nitrogen and oxygen atoms in total. The SMILES string of the molecule is Cc1cc(-c2cccc3ccccc23)cc(C)c1-c1c2ccccc2cc2ccccc12. The molecule has 6 aromatic carbocycles. The van der Waals surface area contributed by atoms with Crippen LogP contribution in [0.25, 0.3) is 54.6 Å². The van der Waals surface area contributed by atoms with Crippen molar-refractivity contribution >= 4 is 32.3 Å². The summed E-state index contributed by atoms with van der Waals surface area (Å²) in [5.74, 6) is 0. The van der Waals surface area contributed by atoms with Gasteiger partial charge in [0.2, 0.25) is 0 Å². The maximum Gasteiger partial charge on any atom is -0.00215 e. The predicted molar refractivity (Wildman–Crippen MR) is 139 cm³/mol. The van der Waals surface area contributed by atoms with E-state index in [4.69, 9.17) is 0 Å². The molecule has 0 aliphatic carbocycles. The summed E-state index contributed by atoms with van der Waals surface area (Å²) in [6, 6.07) is 39.8. The van der Waals surface area contributed by atoms with Crippen molar-refractivity contribution in [3.05, 3.63) is 120 Å². The topological polar surface area (TPSA) is 0 Å². The first kappa shape index (κ1) is 18.8. The van der Waals surface area contributed by atoms with Crippen molar-refractivity contribution in [3.63, 3.8) is 0 Å². The standard InChI is InChI=1S/C32H24/c1-21-18-26(28-17-9-13-23-10-3-6-14-27(23)28)19-22(2)31(21)32-29-15-7-4-11-24(29)20-25-12-5-8-16-30(25)32/h3-20H,1-2H3. The first-order valence-electron chi connectivity index (χ1n) is 11.2. The number of rotatable bonds is 2. The van der Waals surface area contributed by atoms with E-state index in [1.165, 1.54) is 65.7 Å². The molecule has 0 spiro atoms. The van der Waals surface area contributed by atoms with Gasteiger partial charge in [-0.05, 0) is 85.6 Å². The maximum absolute atomic E-state index is 2.36. The molecule has 0 radical (unpaired) electrons. The average molecular weight is 409 g/mol. The quantitative estimate of drug-likeness (QED) is 0.251. The summed E-state index contributed by atoms with van der Waals surface area (Å²) in [6.45, 7) is 4.51. The Morgan fingerprint density at radius 2 is 0.906 bits per heavy atom. The van der Waals surface area contributed by atoms with Crippen molar-refractivity contribution in [2.24, 2.45) is 0 Å². The second kappa shape index (κ2) is 7.35. The van der Waals surface area contributed by atoms with Gasteiger partial charge in [0.15, 0.2) is 0 Å². The lowest BCUT2D eigenvalue weighted by Crippen LogP contribution is -1.94. The zero-order chi connectivity index (χ0) is 21.7. The fourth-order valence-electron chi connectivity index (χ4n) is 5.27. The minimum absolute atomic E-state index is 1.28. The van der Waals surface area contributed by atoms with Gasteiger partial charge in [0.05, 0.1) is 0 Å². The van der Waals surface area contributed by atoms with E-state index >= 15 is 0 Å². The molecular formula is C32H24. The molecular weight excluding hydrogens is 384 g/mol. The second-order valence-corrected chi connectivity index (χ2v) is 8.71. The highest BCUT2D eigenvalue weighted by molar-refractivity contribution is 6.13. The Hall–Kier alpha value is -3.90. The third kappa shape index (κ3) is 2.92. The smallest absolute Gasteiger partial charge is 0.00215 e. The summed E-state index contributed by atoms with van der Waals surface area (Å²) < 4.78 is 0. The molecule has 0 amide bonds. The Morgan fingerprint density at radius 1 is 0.406 bits per heavy atom. The van der Waals surface area contributed by atoms with E-state index in [-0.39, 0.29) is 0 Å². The highest BCUT2D eigenvalue weighted by atomic mass is 14.2. The fraction of sp³-hybridized carbons (Fsp3) is 0.0625. The van der Waals surface area contributed by atoms with Crippen LogP contribution in [-0.4, -0.2) is 0 Å². The molecule has 0 bridgehead atoms. The van der Waals surface area contributed by atoms with Gasteiger partial charge in [0.25, 0.3) is 0 Å². The van der Waals surface area contributed by atoms with E-state index in [0.29, 0.717) is 0 Å². The molecule has 152 valence electrons. The summed E-state index contributed by atoms with van der Waals surface area (Å²) in [5.41, 5.74) is 7.90. The lowest BCUT2D eigenvalue weighted by Gasteiger charge is -2.18. The van der Waals surface area contributed by atoms with Crippen LogP contribution in [-0.2, 0) is 0 Å². The monoisotopic (exact) mass is 408 g/mol. The van der Waals surface area contributed by atoms with Crippen LogP contribution in [0.1, 0.15) is 11.1 Å². The first-order valence-corrected chi connectivity index (χ1v) is 11.2. The molecule has 0 heterocycles. The lowest BCUT2D eigenvalue weighted by atomic mass is 9.85. The number of hydrogen-bond donors (Lipinski definition) is 0. The third-order valence-corrected chi connectivity index (χ3v) is 6.65. The van der Waals surface area contributed by atoms with Crippen LogP contribution in [0.5, 0.6) is 0 Å². The molecule has 0 aliphatic heterocycles. The minimum atomic E-state index is 1.28. The highest BCUT2D eigenvalue weighted by Gasteiger charge is 2.16. The first-order chi connectivity index (χ1) is 15.7. The second-order valence-electron chi connectivity index (χ2n) is 8.71. The summed E-state index contributed by atoms with van der Waals surface area (Å²) in [4.78, 5) is 0. The third-order valence-electron chi connectivity index (χ3n) is 6.65. The molecule has 0 aromatic heterocycles. The van der Waals surface area contributed by atoms with Crippen molar-refractivity contribution in [1.29, 1.82) is 0 Å². The summed E-state index contributed by atoms with van der Waals surface area (Å²) >= 11 is 0. The normalized spacial score (nSPS) is 11.4. The van der Waals surface area contributed by atoms with Gasteiger partial charge in [-0.25, -0.2) is 0 Å². The molecule has 0 unspecified atom stereocenters.